The first-order valence-electron chi connectivity index (χ1n) is 5.67. The molecule has 0 atom stereocenters. The van der Waals surface area contributed by atoms with Crippen molar-refractivity contribution in [1.29, 1.82) is 0 Å². The van der Waals surface area contributed by atoms with E-state index in [0.29, 0.717) is 12.4 Å². The molecule has 2 N–H and O–H groups in total. The normalized spacial score (nSPS) is 9.05. The third-order valence-corrected chi connectivity index (χ3v) is 2.69. The molecule has 2 rings (SSSR count). The third kappa shape index (κ3) is 4.98. The van der Waals surface area contributed by atoms with Crippen LogP contribution in [0.3, 0.4) is 0 Å². The van der Waals surface area contributed by atoms with E-state index in [1.807, 2.05) is 30.3 Å². The number of carboxylic acid groups (broad SMARTS) is 1. The molecule has 0 aliphatic heterocycles. The molecule has 20 heavy (non-hydrogen) atoms. The van der Waals surface area contributed by atoms with Gasteiger partial charge in [0, 0.05) is 0 Å². The molecule has 0 unspecified atom stereocenters. The second kappa shape index (κ2) is 8.76. The van der Waals surface area contributed by atoms with E-state index in [4.69, 9.17) is 9.84 Å². The van der Waals surface area contributed by atoms with Crippen LogP contribution in [0.2, 0.25) is 0 Å². The summed E-state index contributed by atoms with van der Waals surface area (Å²) in [5.41, 5.74) is 2.06. The summed E-state index contributed by atoms with van der Waals surface area (Å²) in [7, 11) is 0. The zero-order valence-corrected chi connectivity index (χ0v) is 13.5. The first-order valence-corrected chi connectivity index (χ1v) is 5.67. The maximum absolute atomic E-state index is 11.0. The summed E-state index contributed by atoms with van der Waals surface area (Å²) in [6.07, 6.45) is 0. The van der Waals surface area contributed by atoms with Crippen molar-refractivity contribution in [3.05, 3.63) is 65.2 Å². The Bertz CT molecular complexity index is 555. The number of aryl methyl sites for hydroxylation is 1. The van der Waals surface area contributed by atoms with Gasteiger partial charge in [-0.1, -0.05) is 36.4 Å². The summed E-state index contributed by atoms with van der Waals surface area (Å²) in [5.74, 6) is -0.362. The standard InChI is InChI=1S/C15H14O3.Na.H2O/c1-11-7-8-13(9-14(11)15(16)17)18-10-12-5-3-2-4-6-12;;/h2-9H,10H2,1H3,(H,16,17);;1H2/q;+1;/p-1. The van der Waals surface area contributed by atoms with E-state index in [2.05, 4.69) is 0 Å². The molecule has 0 aliphatic rings. The summed E-state index contributed by atoms with van der Waals surface area (Å²) in [4.78, 5) is 11.0. The summed E-state index contributed by atoms with van der Waals surface area (Å²) in [6.45, 7) is 2.20. The molecular weight excluding hydrogens is 267 g/mol. The van der Waals surface area contributed by atoms with Gasteiger partial charge >= 0.3 is 35.5 Å². The Hall–Kier alpha value is -1.33. The Morgan fingerprint density at radius 1 is 1.15 bits per heavy atom. The average Bonchev–Trinajstić information content (AvgIpc) is 2.38. The largest absolute Gasteiger partial charge is 1.00 e. The van der Waals surface area contributed by atoms with Crippen molar-refractivity contribution in [2.75, 3.05) is 0 Å². The predicted molar refractivity (Wildman–Crippen MR) is 70.8 cm³/mol. The van der Waals surface area contributed by atoms with Crippen molar-refractivity contribution in [1.82, 2.24) is 0 Å². The van der Waals surface area contributed by atoms with Gasteiger partial charge in [-0.3, -0.25) is 0 Å². The van der Waals surface area contributed by atoms with E-state index in [9.17, 15) is 4.79 Å². The van der Waals surface area contributed by atoms with E-state index in [1.54, 1.807) is 25.1 Å². The van der Waals surface area contributed by atoms with Gasteiger partial charge in [-0.15, -0.1) is 0 Å². The Labute approximate surface area is 140 Å². The molecule has 0 saturated carbocycles. The van der Waals surface area contributed by atoms with Crippen molar-refractivity contribution in [3.8, 4) is 5.75 Å². The number of ether oxygens (including phenoxy) is 1. The smallest absolute Gasteiger partial charge is 0.870 e. The molecule has 2 aromatic carbocycles. The second-order valence-corrected chi connectivity index (χ2v) is 4.06. The van der Waals surface area contributed by atoms with Gasteiger partial charge in [-0.2, -0.15) is 0 Å². The molecule has 0 spiro atoms. The van der Waals surface area contributed by atoms with Gasteiger partial charge in [0.25, 0.3) is 0 Å². The summed E-state index contributed by atoms with van der Waals surface area (Å²) in [6, 6.07) is 14.8. The Morgan fingerprint density at radius 2 is 1.80 bits per heavy atom. The molecule has 0 bridgehead atoms. The molecule has 0 fully saturated rings. The van der Waals surface area contributed by atoms with Gasteiger partial charge in [0.2, 0.25) is 0 Å². The van der Waals surface area contributed by atoms with Crippen LogP contribution >= 0.6 is 0 Å². The van der Waals surface area contributed by atoms with Gasteiger partial charge in [-0.25, -0.2) is 4.79 Å². The van der Waals surface area contributed by atoms with Gasteiger partial charge in [0.15, 0.2) is 0 Å². The molecular formula is C15H15NaO4. The Kier molecular flexibility index (Phi) is 8.18. The average molecular weight is 282 g/mol. The third-order valence-electron chi connectivity index (χ3n) is 2.69. The topological polar surface area (TPSA) is 76.5 Å². The van der Waals surface area contributed by atoms with E-state index in [1.165, 1.54) is 0 Å². The van der Waals surface area contributed by atoms with Crippen molar-refractivity contribution in [3.63, 3.8) is 0 Å². The molecule has 0 aromatic heterocycles. The SMILES string of the molecule is Cc1ccc(OCc2ccccc2)cc1C(=O)O.[Na+].[OH-]. The number of aromatic carboxylic acids is 1. The monoisotopic (exact) mass is 282 g/mol. The van der Waals surface area contributed by atoms with Gasteiger partial charge in [-0.05, 0) is 30.2 Å². The van der Waals surface area contributed by atoms with E-state index in [-0.39, 0.29) is 40.6 Å². The van der Waals surface area contributed by atoms with Crippen LogP contribution in [0.4, 0.5) is 0 Å². The fraction of sp³-hybridized carbons (Fsp3) is 0.133. The van der Waals surface area contributed by atoms with Crippen LogP contribution in [0.1, 0.15) is 21.5 Å². The summed E-state index contributed by atoms with van der Waals surface area (Å²) >= 11 is 0. The Morgan fingerprint density at radius 3 is 2.40 bits per heavy atom. The van der Waals surface area contributed by atoms with Crippen molar-refractivity contribution in [2.24, 2.45) is 0 Å². The minimum Gasteiger partial charge on any atom is -0.870 e. The fourth-order valence-corrected chi connectivity index (χ4v) is 1.66. The maximum atomic E-state index is 11.0. The summed E-state index contributed by atoms with van der Waals surface area (Å²) < 4.78 is 5.57. The van der Waals surface area contributed by atoms with Gasteiger partial charge < -0.3 is 15.3 Å². The Balaban J connectivity index is 0.00000180. The second-order valence-electron chi connectivity index (χ2n) is 4.06. The van der Waals surface area contributed by atoms with Crippen molar-refractivity contribution in [2.45, 2.75) is 13.5 Å². The number of hydrogen-bond donors (Lipinski definition) is 1. The molecule has 2 aromatic rings. The molecule has 0 saturated heterocycles. The molecule has 0 aliphatic carbocycles. The quantitative estimate of drug-likeness (QED) is 0.807. The summed E-state index contributed by atoms with van der Waals surface area (Å²) in [5, 5.41) is 9.02. The number of benzene rings is 2. The molecule has 0 radical (unpaired) electrons. The molecule has 4 nitrogen and oxygen atoms in total. The van der Waals surface area contributed by atoms with Crippen LogP contribution < -0.4 is 34.3 Å². The van der Waals surface area contributed by atoms with Gasteiger partial charge in [0.05, 0.1) is 5.56 Å². The molecule has 0 amide bonds. The zero-order valence-electron chi connectivity index (χ0n) is 11.5. The van der Waals surface area contributed by atoms with Crippen molar-refractivity contribution < 1.29 is 49.7 Å². The van der Waals surface area contributed by atoms with Crippen LogP contribution in [-0.4, -0.2) is 16.6 Å². The van der Waals surface area contributed by atoms with Crippen LogP contribution in [0.5, 0.6) is 5.75 Å². The minimum atomic E-state index is -0.933. The minimum absolute atomic E-state index is 0. The molecule has 0 heterocycles. The van der Waals surface area contributed by atoms with Crippen LogP contribution in [0, 0.1) is 6.92 Å². The fourth-order valence-electron chi connectivity index (χ4n) is 1.66. The molecule has 100 valence electrons. The van der Waals surface area contributed by atoms with Crippen LogP contribution in [0.25, 0.3) is 0 Å². The van der Waals surface area contributed by atoms with Gasteiger partial charge in [0.1, 0.15) is 12.4 Å². The predicted octanol–water partition coefficient (Wildman–Crippen LogP) is 0.0994. The molecule has 5 heteroatoms. The van der Waals surface area contributed by atoms with Crippen LogP contribution in [-0.2, 0) is 6.61 Å². The van der Waals surface area contributed by atoms with Crippen LogP contribution in [0.15, 0.2) is 48.5 Å². The maximum Gasteiger partial charge on any atom is 1.00 e. The van der Waals surface area contributed by atoms with E-state index >= 15 is 0 Å². The number of carboxylic acids is 1. The number of rotatable bonds is 4. The van der Waals surface area contributed by atoms with E-state index in [0.717, 1.165) is 11.1 Å². The van der Waals surface area contributed by atoms with E-state index < -0.39 is 5.97 Å². The zero-order chi connectivity index (χ0) is 13.0. The number of hydrogen-bond acceptors (Lipinski definition) is 3. The van der Waals surface area contributed by atoms with Crippen molar-refractivity contribution >= 4 is 5.97 Å². The first-order chi connectivity index (χ1) is 8.66. The first kappa shape index (κ1) is 18.7. The number of carbonyl (C=O) groups is 1.